The number of nitrogens with one attached hydrogen (secondary N) is 1. The molecule has 0 radical (unpaired) electrons. The summed E-state index contributed by atoms with van der Waals surface area (Å²) in [4.78, 5) is 29.5. The van der Waals surface area contributed by atoms with Crippen molar-refractivity contribution in [2.24, 2.45) is 0 Å². The zero-order valence-electron chi connectivity index (χ0n) is 16.5. The molecule has 1 aliphatic heterocycles. The first-order valence-electron chi connectivity index (χ1n) is 8.93. The Hall–Kier alpha value is -2.07. The van der Waals surface area contributed by atoms with Crippen LogP contribution >= 0.6 is 11.6 Å². The van der Waals surface area contributed by atoms with Crippen LogP contribution in [0.15, 0.2) is 12.3 Å². The maximum absolute atomic E-state index is 12.9. The highest BCUT2D eigenvalue weighted by molar-refractivity contribution is 6.32. The maximum atomic E-state index is 12.9. The molecular formula is C18H23ClF3N3O4. The van der Waals surface area contributed by atoms with Crippen LogP contribution < -0.4 is 5.32 Å². The Morgan fingerprint density at radius 3 is 2.59 bits per heavy atom. The van der Waals surface area contributed by atoms with Crippen LogP contribution in [-0.4, -0.2) is 59.3 Å². The molecule has 1 saturated heterocycles. The molecule has 0 unspecified atom stereocenters. The van der Waals surface area contributed by atoms with Gasteiger partial charge in [-0.2, -0.15) is 13.2 Å². The second-order valence-corrected chi connectivity index (χ2v) is 8.02. The fourth-order valence-electron chi connectivity index (χ4n) is 2.65. The average molecular weight is 438 g/mol. The summed E-state index contributed by atoms with van der Waals surface area (Å²) < 4.78 is 49.2. The third kappa shape index (κ3) is 6.46. The van der Waals surface area contributed by atoms with Crippen molar-refractivity contribution in [3.8, 4) is 0 Å². The summed E-state index contributed by atoms with van der Waals surface area (Å²) in [5, 5.41) is 2.73. The SMILES string of the molecule is C[C@@H](OC(=O)c1cc(C(F)(F)F)cnc1Cl)[C@H]1CN(C(=O)OC(C)(C)C)CCN1. The van der Waals surface area contributed by atoms with Gasteiger partial charge < -0.3 is 19.7 Å². The van der Waals surface area contributed by atoms with Gasteiger partial charge in [-0.1, -0.05) is 11.6 Å². The van der Waals surface area contributed by atoms with Gasteiger partial charge in [0.25, 0.3) is 0 Å². The van der Waals surface area contributed by atoms with Crippen LogP contribution in [0.4, 0.5) is 18.0 Å². The zero-order valence-corrected chi connectivity index (χ0v) is 17.2. The molecule has 2 rings (SSSR count). The Balaban J connectivity index is 2.05. The number of pyridine rings is 1. The van der Waals surface area contributed by atoms with Gasteiger partial charge in [0.05, 0.1) is 17.2 Å². The molecule has 1 N–H and O–H groups in total. The molecule has 2 heterocycles. The van der Waals surface area contributed by atoms with Crippen LogP contribution in [0.25, 0.3) is 0 Å². The minimum atomic E-state index is -4.67. The molecule has 1 fully saturated rings. The normalized spacial score (nSPS) is 18.9. The molecule has 7 nitrogen and oxygen atoms in total. The van der Waals surface area contributed by atoms with Gasteiger partial charge in [-0.15, -0.1) is 0 Å². The number of aromatic nitrogens is 1. The number of piperazine rings is 1. The van der Waals surface area contributed by atoms with E-state index in [4.69, 9.17) is 21.1 Å². The molecule has 1 aliphatic rings. The Morgan fingerprint density at radius 2 is 2.00 bits per heavy atom. The molecule has 1 amide bonds. The zero-order chi connectivity index (χ0) is 22.0. The number of ether oxygens (including phenoxy) is 2. The summed E-state index contributed by atoms with van der Waals surface area (Å²) in [7, 11) is 0. The van der Waals surface area contributed by atoms with Gasteiger partial charge in [-0.05, 0) is 33.8 Å². The Bertz CT molecular complexity index is 768. The van der Waals surface area contributed by atoms with E-state index in [0.29, 0.717) is 25.4 Å². The number of carbonyl (C=O) groups excluding carboxylic acids is 2. The predicted molar refractivity (Wildman–Crippen MR) is 98.7 cm³/mol. The third-order valence-electron chi connectivity index (χ3n) is 4.10. The van der Waals surface area contributed by atoms with Crippen LogP contribution in [0.2, 0.25) is 5.15 Å². The molecule has 162 valence electrons. The largest absolute Gasteiger partial charge is 0.457 e. The Kier molecular flexibility index (Phi) is 7.00. The topological polar surface area (TPSA) is 80.8 Å². The van der Waals surface area contributed by atoms with Gasteiger partial charge in [-0.3, -0.25) is 0 Å². The molecule has 0 aliphatic carbocycles. The fourth-order valence-corrected chi connectivity index (χ4v) is 2.83. The summed E-state index contributed by atoms with van der Waals surface area (Å²) in [6.07, 6.45) is -5.37. The van der Waals surface area contributed by atoms with E-state index < -0.39 is 47.1 Å². The molecular weight excluding hydrogens is 415 g/mol. The van der Waals surface area contributed by atoms with E-state index in [9.17, 15) is 22.8 Å². The van der Waals surface area contributed by atoms with Gasteiger partial charge in [0.1, 0.15) is 16.9 Å². The fraction of sp³-hybridized carbons (Fsp3) is 0.611. The first-order chi connectivity index (χ1) is 13.3. The van der Waals surface area contributed by atoms with Gasteiger partial charge in [-0.25, -0.2) is 14.6 Å². The molecule has 0 aromatic carbocycles. The van der Waals surface area contributed by atoms with Crippen LogP contribution in [0.3, 0.4) is 0 Å². The average Bonchev–Trinajstić information content (AvgIpc) is 2.59. The molecule has 11 heteroatoms. The quantitative estimate of drug-likeness (QED) is 0.575. The molecule has 1 aromatic rings. The number of amides is 1. The van der Waals surface area contributed by atoms with Crippen molar-refractivity contribution in [1.82, 2.24) is 15.2 Å². The molecule has 1 aromatic heterocycles. The summed E-state index contributed by atoms with van der Waals surface area (Å²) in [5.74, 6) is -1.03. The lowest BCUT2D eigenvalue weighted by Gasteiger charge is -2.36. The van der Waals surface area contributed by atoms with Crippen molar-refractivity contribution >= 4 is 23.7 Å². The van der Waals surface area contributed by atoms with E-state index >= 15 is 0 Å². The highest BCUT2D eigenvalue weighted by atomic mass is 35.5. The smallest absolute Gasteiger partial charge is 0.417 e. The van der Waals surface area contributed by atoms with E-state index in [1.165, 1.54) is 4.90 Å². The van der Waals surface area contributed by atoms with Crippen molar-refractivity contribution < 1.29 is 32.2 Å². The van der Waals surface area contributed by atoms with E-state index in [2.05, 4.69) is 10.3 Å². The highest BCUT2D eigenvalue weighted by Gasteiger charge is 2.34. The van der Waals surface area contributed by atoms with Crippen LogP contribution in [0.5, 0.6) is 0 Å². The minimum absolute atomic E-state index is 0.206. The van der Waals surface area contributed by atoms with Gasteiger partial charge >= 0.3 is 18.2 Å². The minimum Gasteiger partial charge on any atom is -0.457 e. The number of nitrogens with zero attached hydrogens (tertiary/aromatic N) is 2. The molecule has 29 heavy (non-hydrogen) atoms. The number of carbonyl (C=O) groups is 2. The van der Waals surface area contributed by atoms with Crippen molar-refractivity contribution in [2.45, 2.75) is 51.6 Å². The van der Waals surface area contributed by atoms with E-state index in [0.717, 1.165) is 0 Å². The van der Waals surface area contributed by atoms with E-state index in [1.54, 1.807) is 27.7 Å². The van der Waals surface area contributed by atoms with Gasteiger partial charge in [0, 0.05) is 25.8 Å². The van der Waals surface area contributed by atoms with Crippen LogP contribution in [0.1, 0.15) is 43.6 Å². The van der Waals surface area contributed by atoms with Crippen molar-refractivity contribution in [1.29, 1.82) is 0 Å². The first-order valence-corrected chi connectivity index (χ1v) is 9.31. The monoisotopic (exact) mass is 437 g/mol. The molecule has 0 saturated carbocycles. The summed E-state index contributed by atoms with van der Waals surface area (Å²) in [6.45, 7) is 7.89. The number of alkyl halides is 3. The number of hydrogen-bond acceptors (Lipinski definition) is 6. The summed E-state index contributed by atoms with van der Waals surface area (Å²) in [6, 6.07) is 0.170. The third-order valence-corrected chi connectivity index (χ3v) is 4.40. The number of halogens is 4. The summed E-state index contributed by atoms with van der Waals surface area (Å²) >= 11 is 5.77. The molecule has 2 atom stereocenters. The Morgan fingerprint density at radius 1 is 1.34 bits per heavy atom. The Labute approximate surface area is 171 Å². The van der Waals surface area contributed by atoms with Crippen molar-refractivity contribution in [3.63, 3.8) is 0 Å². The van der Waals surface area contributed by atoms with Crippen LogP contribution in [-0.2, 0) is 15.7 Å². The lowest BCUT2D eigenvalue weighted by Crippen LogP contribution is -2.57. The van der Waals surface area contributed by atoms with Crippen LogP contribution in [0, 0.1) is 0 Å². The number of hydrogen-bond donors (Lipinski definition) is 1. The number of esters is 1. The first kappa shape index (κ1) is 23.2. The molecule has 0 bridgehead atoms. The molecule has 0 spiro atoms. The maximum Gasteiger partial charge on any atom is 0.417 e. The van der Waals surface area contributed by atoms with Gasteiger partial charge in [0.15, 0.2) is 0 Å². The highest BCUT2D eigenvalue weighted by Crippen LogP contribution is 2.31. The summed E-state index contributed by atoms with van der Waals surface area (Å²) in [5.41, 5.74) is -2.23. The second kappa shape index (κ2) is 8.74. The standard InChI is InChI=1S/C18H23ClF3N3O4/c1-10(13-9-25(6-5-23-13)16(27)29-17(2,3)4)28-15(26)12-7-11(18(20,21)22)8-24-14(12)19/h7-8,10,13,23H,5-6,9H2,1-4H3/t10-,13-/m1/s1. The van der Waals surface area contributed by atoms with Crippen molar-refractivity contribution in [2.75, 3.05) is 19.6 Å². The number of rotatable bonds is 3. The lowest BCUT2D eigenvalue weighted by atomic mass is 10.1. The van der Waals surface area contributed by atoms with Gasteiger partial charge in [0.2, 0.25) is 0 Å². The lowest BCUT2D eigenvalue weighted by molar-refractivity contribution is -0.137. The van der Waals surface area contributed by atoms with E-state index in [-0.39, 0.29) is 11.7 Å². The second-order valence-electron chi connectivity index (χ2n) is 7.66. The van der Waals surface area contributed by atoms with E-state index in [1.807, 2.05) is 0 Å². The van der Waals surface area contributed by atoms with Crippen molar-refractivity contribution in [3.05, 3.63) is 28.5 Å². The predicted octanol–water partition coefficient (Wildman–Crippen LogP) is 3.51.